The molecule has 1 N–H and O–H groups in total. The zero-order chi connectivity index (χ0) is 26.8. The Kier molecular flexibility index (Phi) is 10.3. The van der Waals surface area contributed by atoms with Gasteiger partial charge >= 0.3 is 0 Å². The van der Waals surface area contributed by atoms with Gasteiger partial charge in [-0.2, -0.15) is 5.26 Å². The number of rotatable bonds is 12. The largest absolute Gasteiger partial charge is 0.490 e. The Morgan fingerprint density at radius 2 is 1.89 bits per heavy atom. The summed E-state index contributed by atoms with van der Waals surface area (Å²) in [7, 11) is 0. The third kappa shape index (κ3) is 8.48. The average molecular weight is 541 g/mol. The highest BCUT2D eigenvalue weighted by Crippen LogP contribution is 2.37. The Balaban J connectivity index is 1.69. The van der Waals surface area contributed by atoms with Crippen LogP contribution in [0.4, 0.5) is 5.13 Å². The van der Waals surface area contributed by atoms with Crippen molar-refractivity contribution < 1.29 is 19.0 Å². The van der Waals surface area contributed by atoms with E-state index in [1.165, 1.54) is 17.4 Å². The molecule has 1 amide bonds. The highest BCUT2D eigenvalue weighted by Gasteiger charge is 2.16. The van der Waals surface area contributed by atoms with Crippen LogP contribution in [-0.4, -0.2) is 35.9 Å². The first kappa shape index (κ1) is 28.0. The number of nitrogens with one attached hydrogen (secondary N) is 1. The maximum Gasteiger partial charge on any atom is 0.268 e. The Morgan fingerprint density at radius 3 is 2.57 bits per heavy atom. The minimum Gasteiger partial charge on any atom is -0.490 e. The summed E-state index contributed by atoms with van der Waals surface area (Å²) in [6.07, 6.45) is 2.20. The number of halogens is 1. The molecule has 0 bridgehead atoms. The molecule has 8 nitrogen and oxygen atoms in total. The molecule has 3 rings (SSSR count). The molecule has 0 spiro atoms. The number of amides is 1. The highest BCUT2D eigenvalue weighted by atomic mass is 35.5. The van der Waals surface area contributed by atoms with Gasteiger partial charge in [0.25, 0.3) is 5.91 Å². The molecule has 2 aromatic carbocycles. The number of nitriles is 1. The summed E-state index contributed by atoms with van der Waals surface area (Å²) in [4.78, 5) is 12.7. The standard InChI is InChI=1S/C27H29ClN4O4S/c1-5-34-23-15-19(13-20(16-29)26(33)30-27-32-31-24(37-27)12-17(2)3)14-22(28)25(23)36-11-10-35-21-8-6-18(4)7-9-21/h6-9,13-15,17H,5,10-12H2,1-4H3,(H,30,32,33)/b20-13-. The molecule has 0 saturated heterocycles. The van der Waals surface area contributed by atoms with Crippen molar-refractivity contribution in [2.45, 2.75) is 34.1 Å². The average Bonchev–Trinajstić information content (AvgIpc) is 3.28. The van der Waals surface area contributed by atoms with Crippen LogP contribution >= 0.6 is 22.9 Å². The second kappa shape index (κ2) is 13.6. The van der Waals surface area contributed by atoms with E-state index in [-0.39, 0.29) is 17.2 Å². The number of benzene rings is 2. The van der Waals surface area contributed by atoms with Gasteiger partial charge in [0.05, 0.1) is 11.6 Å². The Hall–Kier alpha value is -3.61. The Bertz CT molecular complexity index is 1280. The smallest absolute Gasteiger partial charge is 0.268 e. The molecule has 1 aromatic heterocycles. The van der Waals surface area contributed by atoms with Crippen molar-refractivity contribution in [3.8, 4) is 23.3 Å². The molecule has 0 atom stereocenters. The lowest BCUT2D eigenvalue weighted by atomic mass is 10.1. The summed E-state index contributed by atoms with van der Waals surface area (Å²) >= 11 is 7.78. The van der Waals surface area contributed by atoms with Gasteiger partial charge in [0.15, 0.2) is 11.5 Å². The van der Waals surface area contributed by atoms with Crippen molar-refractivity contribution in [2.75, 3.05) is 25.1 Å². The molecule has 0 aliphatic carbocycles. The third-order valence-corrected chi connectivity index (χ3v) is 6.04. The van der Waals surface area contributed by atoms with Crippen molar-refractivity contribution in [1.82, 2.24) is 10.2 Å². The molecule has 0 fully saturated rings. The van der Waals surface area contributed by atoms with E-state index in [0.29, 0.717) is 41.3 Å². The van der Waals surface area contributed by atoms with Crippen LogP contribution in [0.2, 0.25) is 5.02 Å². The summed E-state index contributed by atoms with van der Waals surface area (Å²) in [5.41, 5.74) is 1.55. The minimum atomic E-state index is -0.586. The summed E-state index contributed by atoms with van der Waals surface area (Å²) in [6, 6.07) is 12.9. The maximum atomic E-state index is 12.7. The quantitative estimate of drug-likeness (QED) is 0.168. The van der Waals surface area contributed by atoms with E-state index in [4.69, 9.17) is 25.8 Å². The van der Waals surface area contributed by atoms with Crippen LogP contribution in [0.5, 0.6) is 17.2 Å². The number of carbonyl (C=O) groups is 1. The fraction of sp³-hybridized carbons (Fsp3) is 0.333. The molecule has 0 saturated carbocycles. The van der Waals surface area contributed by atoms with Gasteiger partial charge in [-0.3, -0.25) is 10.1 Å². The number of anilines is 1. The molecular weight excluding hydrogens is 512 g/mol. The van der Waals surface area contributed by atoms with Gasteiger partial charge in [-0.05, 0) is 55.7 Å². The number of hydrogen-bond acceptors (Lipinski definition) is 8. The van der Waals surface area contributed by atoms with Crippen molar-refractivity contribution in [3.05, 3.63) is 63.1 Å². The number of hydrogen-bond donors (Lipinski definition) is 1. The van der Waals surface area contributed by atoms with Crippen LogP contribution in [-0.2, 0) is 11.2 Å². The molecule has 0 aliphatic heterocycles. The molecule has 0 radical (unpaired) electrons. The van der Waals surface area contributed by atoms with Gasteiger partial charge in [-0.25, -0.2) is 0 Å². The van der Waals surface area contributed by atoms with Crippen molar-refractivity contribution in [2.24, 2.45) is 5.92 Å². The lowest BCUT2D eigenvalue weighted by Crippen LogP contribution is -2.13. The SMILES string of the molecule is CCOc1cc(/C=C(/C#N)C(=O)Nc2nnc(CC(C)C)s2)cc(Cl)c1OCCOc1ccc(C)cc1. The normalized spacial score (nSPS) is 11.2. The second-order valence-electron chi connectivity index (χ2n) is 8.50. The Labute approximate surface area is 225 Å². The molecule has 10 heteroatoms. The van der Waals surface area contributed by atoms with Crippen LogP contribution in [0.25, 0.3) is 6.08 Å². The van der Waals surface area contributed by atoms with E-state index < -0.39 is 5.91 Å². The fourth-order valence-corrected chi connectivity index (χ4v) is 4.45. The number of aromatic nitrogens is 2. The molecule has 0 aliphatic rings. The van der Waals surface area contributed by atoms with E-state index in [9.17, 15) is 10.1 Å². The van der Waals surface area contributed by atoms with Crippen molar-refractivity contribution in [1.29, 1.82) is 5.26 Å². The number of nitrogens with zero attached hydrogens (tertiary/aromatic N) is 3. The van der Waals surface area contributed by atoms with E-state index in [1.54, 1.807) is 12.1 Å². The number of aryl methyl sites for hydroxylation is 1. The summed E-state index contributed by atoms with van der Waals surface area (Å²) in [5.74, 6) is 1.35. The fourth-order valence-electron chi connectivity index (χ4n) is 3.23. The zero-order valence-corrected chi connectivity index (χ0v) is 22.8. The molecule has 0 unspecified atom stereocenters. The molecule has 3 aromatic rings. The van der Waals surface area contributed by atoms with Crippen molar-refractivity contribution in [3.63, 3.8) is 0 Å². The van der Waals surface area contributed by atoms with Gasteiger partial charge in [-0.1, -0.05) is 54.5 Å². The van der Waals surface area contributed by atoms with Crippen LogP contribution in [0.15, 0.2) is 42.0 Å². The summed E-state index contributed by atoms with van der Waals surface area (Å²) in [5, 5.41) is 21.7. The van der Waals surface area contributed by atoms with Gasteiger partial charge in [0, 0.05) is 6.42 Å². The third-order valence-electron chi connectivity index (χ3n) is 4.90. The monoisotopic (exact) mass is 540 g/mol. The maximum absolute atomic E-state index is 12.7. The van der Waals surface area contributed by atoms with Crippen LogP contribution in [0.1, 0.15) is 36.9 Å². The van der Waals surface area contributed by atoms with E-state index in [1.807, 2.05) is 44.2 Å². The van der Waals surface area contributed by atoms with Crippen LogP contribution < -0.4 is 19.5 Å². The second-order valence-corrected chi connectivity index (χ2v) is 9.97. The van der Waals surface area contributed by atoms with Gasteiger partial charge in [0.2, 0.25) is 5.13 Å². The first-order valence-electron chi connectivity index (χ1n) is 11.8. The molecule has 194 valence electrons. The van der Waals surface area contributed by atoms with Gasteiger partial charge in [-0.15, -0.1) is 10.2 Å². The predicted molar refractivity (Wildman–Crippen MR) is 145 cm³/mol. The minimum absolute atomic E-state index is 0.112. The van der Waals surface area contributed by atoms with Gasteiger partial charge in [0.1, 0.15) is 35.6 Å². The number of carbonyl (C=O) groups excluding carboxylic acids is 1. The Morgan fingerprint density at radius 1 is 1.16 bits per heavy atom. The summed E-state index contributed by atoms with van der Waals surface area (Å²) in [6.45, 7) is 8.94. The predicted octanol–water partition coefficient (Wildman–Crippen LogP) is 6.10. The van der Waals surface area contributed by atoms with Crippen molar-refractivity contribution >= 4 is 40.1 Å². The highest BCUT2D eigenvalue weighted by molar-refractivity contribution is 7.15. The molecular formula is C27H29ClN4O4S. The topological polar surface area (TPSA) is 106 Å². The number of ether oxygens (including phenoxy) is 3. The molecule has 37 heavy (non-hydrogen) atoms. The lowest BCUT2D eigenvalue weighted by molar-refractivity contribution is -0.112. The van der Waals surface area contributed by atoms with Crippen LogP contribution in [0.3, 0.4) is 0 Å². The van der Waals surface area contributed by atoms with Gasteiger partial charge < -0.3 is 14.2 Å². The van der Waals surface area contributed by atoms with Crippen LogP contribution in [0, 0.1) is 24.2 Å². The van der Waals surface area contributed by atoms with E-state index >= 15 is 0 Å². The first-order valence-corrected chi connectivity index (χ1v) is 13.0. The molecule has 1 heterocycles. The summed E-state index contributed by atoms with van der Waals surface area (Å²) < 4.78 is 17.3. The first-order chi connectivity index (χ1) is 17.8. The van der Waals surface area contributed by atoms with E-state index in [0.717, 1.165) is 22.7 Å². The lowest BCUT2D eigenvalue weighted by Gasteiger charge is -2.15. The zero-order valence-electron chi connectivity index (χ0n) is 21.2. The van der Waals surface area contributed by atoms with E-state index in [2.05, 4.69) is 29.4 Å².